The minimum Gasteiger partial charge on any atom is -0.449 e. The summed E-state index contributed by atoms with van der Waals surface area (Å²) in [5.74, 6) is -3.26. The zero-order valence-corrected chi connectivity index (χ0v) is 9.66. The van der Waals surface area contributed by atoms with E-state index in [0.717, 1.165) is 5.56 Å². The van der Waals surface area contributed by atoms with E-state index >= 15 is 0 Å². The van der Waals surface area contributed by atoms with Gasteiger partial charge in [-0.1, -0.05) is 12.1 Å². The quantitative estimate of drug-likeness (QED) is 0.809. The summed E-state index contributed by atoms with van der Waals surface area (Å²) in [5.41, 5.74) is 6.57. The maximum atomic E-state index is 11.8. The fourth-order valence-electron chi connectivity index (χ4n) is 1.13. The molecule has 1 amide bonds. The highest BCUT2D eigenvalue weighted by atomic mass is 19.4. The molecule has 8 heteroatoms. The molecule has 0 heterocycles. The number of hydrogen-bond donors (Lipinski definition) is 2. The molecule has 3 N–H and O–H groups in total. The van der Waals surface area contributed by atoms with Crippen LogP contribution in [0.25, 0.3) is 0 Å². The monoisotopic (exact) mass is 276 g/mol. The third-order valence-electron chi connectivity index (χ3n) is 2.04. The molecule has 0 bridgehead atoms. The van der Waals surface area contributed by atoms with Crippen molar-refractivity contribution in [3.8, 4) is 0 Å². The van der Waals surface area contributed by atoms with Gasteiger partial charge in [0.05, 0.1) is 0 Å². The van der Waals surface area contributed by atoms with Crippen LogP contribution in [0.2, 0.25) is 0 Å². The number of nitrogens with two attached hydrogens (primary N) is 1. The first-order valence-corrected chi connectivity index (χ1v) is 5.15. The molecule has 1 aromatic carbocycles. The number of alkyl halides is 3. The van der Waals surface area contributed by atoms with Gasteiger partial charge in [0.2, 0.25) is 0 Å². The van der Waals surface area contributed by atoms with Gasteiger partial charge in [-0.25, -0.2) is 4.79 Å². The minimum atomic E-state index is -5.11. The van der Waals surface area contributed by atoms with Gasteiger partial charge in [-0.3, -0.25) is 4.79 Å². The molecule has 0 aliphatic heterocycles. The van der Waals surface area contributed by atoms with Gasteiger partial charge in [0.25, 0.3) is 5.91 Å². The summed E-state index contributed by atoms with van der Waals surface area (Å²) in [5, 5.41) is 2.28. The molecule has 5 nitrogen and oxygen atoms in total. The van der Waals surface area contributed by atoms with Crippen molar-refractivity contribution in [2.75, 3.05) is 11.9 Å². The number of hydrogen-bond acceptors (Lipinski definition) is 4. The number of amides is 1. The number of ether oxygens (including phenoxy) is 1. The predicted octanol–water partition coefficient (Wildman–Crippen LogP) is 1.19. The average molecular weight is 276 g/mol. The Balaban J connectivity index is 2.45. The molecule has 1 aromatic rings. The van der Waals surface area contributed by atoms with Gasteiger partial charge in [-0.15, -0.1) is 0 Å². The third kappa shape index (κ3) is 4.96. The van der Waals surface area contributed by atoms with Gasteiger partial charge in [0.15, 0.2) is 6.61 Å². The Morgan fingerprint density at radius 1 is 1.21 bits per heavy atom. The van der Waals surface area contributed by atoms with Gasteiger partial charge < -0.3 is 15.8 Å². The molecular weight excluding hydrogens is 265 g/mol. The van der Waals surface area contributed by atoms with E-state index in [0.29, 0.717) is 12.2 Å². The Morgan fingerprint density at radius 3 is 2.26 bits per heavy atom. The van der Waals surface area contributed by atoms with E-state index in [4.69, 9.17) is 5.73 Å². The summed E-state index contributed by atoms with van der Waals surface area (Å²) in [4.78, 5) is 21.6. The van der Waals surface area contributed by atoms with E-state index in [1.165, 1.54) is 12.1 Å². The smallest absolute Gasteiger partial charge is 0.449 e. The zero-order chi connectivity index (χ0) is 14.5. The number of rotatable bonds is 4. The van der Waals surface area contributed by atoms with Crippen LogP contribution in [0.5, 0.6) is 0 Å². The van der Waals surface area contributed by atoms with Crippen molar-refractivity contribution in [2.24, 2.45) is 5.73 Å². The fourth-order valence-corrected chi connectivity index (χ4v) is 1.13. The Hall–Kier alpha value is -2.09. The van der Waals surface area contributed by atoms with Crippen LogP contribution in [0.1, 0.15) is 5.56 Å². The first-order valence-electron chi connectivity index (χ1n) is 5.15. The van der Waals surface area contributed by atoms with Crippen molar-refractivity contribution in [1.82, 2.24) is 0 Å². The zero-order valence-electron chi connectivity index (χ0n) is 9.66. The summed E-state index contributed by atoms with van der Waals surface area (Å²) in [6.07, 6.45) is -5.11. The predicted molar refractivity (Wildman–Crippen MR) is 60.0 cm³/mol. The molecule has 0 spiro atoms. The van der Waals surface area contributed by atoms with Crippen LogP contribution in [-0.4, -0.2) is 24.7 Å². The Bertz CT molecular complexity index is 457. The minimum absolute atomic E-state index is 0.331. The van der Waals surface area contributed by atoms with Crippen LogP contribution >= 0.6 is 0 Å². The number of anilines is 1. The Labute approximate surface area is 106 Å². The van der Waals surface area contributed by atoms with Gasteiger partial charge >= 0.3 is 12.1 Å². The van der Waals surface area contributed by atoms with Crippen molar-refractivity contribution in [3.05, 3.63) is 29.8 Å². The molecule has 0 aliphatic carbocycles. The molecule has 0 aliphatic rings. The maximum Gasteiger partial charge on any atom is 0.490 e. The number of nitrogens with one attached hydrogen (secondary N) is 1. The van der Waals surface area contributed by atoms with Crippen LogP contribution in [0.3, 0.4) is 0 Å². The average Bonchev–Trinajstić information content (AvgIpc) is 2.35. The van der Waals surface area contributed by atoms with Gasteiger partial charge in [-0.05, 0) is 17.7 Å². The number of benzene rings is 1. The molecule has 104 valence electrons. The first kappa shape index (κ1) is 15.0. The standard InChI is InChI=1S/C11H11F3N2O3/c12-11(13,14)10(18)19-6-9(17)16-8-3-1-7(5-15)2-4-8/h1-4H,5-6,15H2,(H,16,17). The third-order valence-corrected chi connectivity index (χ3v) is 2.04. The van der Waals surface area contributed by atoms with E-state index in [1.54, 1.807) is 12.1 Å². The molecule has 0 saturated heterocycles. The van der Waals surface area contributed by atoms with Crippen LogP contribution in [-0.2, 0) is 20.9 Å². The second-order valence-electron chi connectivity index (χ2n) is 3.52. The summed E-state index contributed by atoms with van der Waals surface area (Å²) >= 11 is 0. The van der Waals surface area contributed by atoms with E-state index < -0.39 is 24.7 Å². The normalized spacial score (nSPS) is 10.9. The fraction of sp³-hybridized carbons (Fsp3) is 0.273. The van der Waals surface area contributed by atoms with Crippen molar-refractivity contribution < 1.29 is 27.5 Å². The lowest BCUT2D eigenvalue weighted by molar-refractivity contribution is -0.199. The number of carbonyl (C=O) groups is 2. The van der Waals surface area contributed by atoms with Crippen LogP contribution in [0.4, 0.5) is 18.9 Å². The molecule has 0 aromatic heterocycles. The van der Waals surface area contributed by atoms with Gasteiger partial charge in [0.1, 0.15) is 0 Å². The van der Waals surface area contributed by atoms with Crippen LogP contribution in [0.15, 0.2) is 24.3 Å². The lowest BCUT2D eigenvalue weighted by Gasteiger charge is -2.08. The molecule has 0 radical (unpaired) electrons. The van der Waals surface area contributed by atoms with Gasteiger partial charge in [-0.2, -0.15) is 13.2 Å². The Kier molecular flexibility index (Phi) is 4.87. The highest BCUT2D eigenvalue weighted by Gasteiger charge is 2.41. The van der Waals surface area contributed by atoms with E-state index in [9.17, 15) is 22.8 Å². The highest BCUT2D eigenvalue weighted by molar-refractivity contribution is 5.93. The van der Waals surface area contributed by atoms with E-state index in [1.807, 2.05) is 0 Å². The summed E-state index contributed by atoms with van der Waals surface area (Å²) < 4.78 is 39.2. The molecule has 0 atom stereocenters. The van der Waals surface area contributed by atoms with Crippen molar-refractivity contribution >= 4 is 17.6 Å². The van der Waals surface area contributed by atoms with Crippen molar-refractivity contribution in [1.29, 1.82) is 0 Å². The number of esters is 1. The van der Waals surface area contributed by atoms with Gasteiger partial charge in [0, 0.05) is 12.2 Å². The lowest BCUT2D eigenvalue weighted by Crippen LogP contribution is -2.29. The lowest BCUT2D eigenvalue weighted by atomic mass is 10.2. The van der Waals surface area contributed by atoms with E-state index in [2.05, 4.69) is 10.1 Å². The molecule has 0 unspecified atom stereocenters. The summed E-state index contributed by atoms with van der Waals surface area (Å²) in [7, 11) is 0. The molecule has 0 fully saturated rings. The summed E-state index contributed by atoms with van der Waals surface area (Å²) in [6.45, 7) is -0.672. The Morgan fingerprint density at radius 2 is 1.79 bits per heavy atom. The highest BCUT2D eigenvalue weighted by Crippen LogP contribution is 2.16. The molecule has 19 heavy (non-hydrogen) atoms. The second kappa shape index (κ2) is 6.19. The van der Waals surface area contributed by atoms with Crippen LogP contribution < -0.4 is 11.1 Å². The van der Waals surface area contributed by atoms with Crippen LogP contribution in [0, 0.1) is 0 Å². The largest absolute Gasteiger partial charge is 0.490 e. The molecule has 1 rings (SSSR count). The summed E-state index contributed by atoms with van der Waals surface area (Å²) in [6, 6.07) is 6.37. The van der Waals surface area contributed by atoms with E-state index in [-0.39, 0.29) is 0 Å². The topological polar surface area (TPSA) is 81.4 Å². The maximum absolute atomic E-state index is 11.8. The van der Waals surface area contributed by atoms with Crippen molar-refractivity contribution in [2.45, 2.75) is 12.7 Å². The molecular formula is C11H11F3N2O3. The van der Waals surface area contributed by atoms with Crippen molar-refractivity contribution in [3.63, 3.8) is 0 Å². The SMILES string of the molecule is NCc1ccc(NC(=O)COC(=O)C(F)(F)F)cc1. The number of halogens is 3. The molecule has 0 saturated carbocycles. The first-order chi connectivity index (χ1) is 8.82. The number of carbonyl (C=O) groups excluding carboxylic acids is 2. The second-order valence-corrected chi connectivity index (χ2v) is 3.52.